The molecule has 1 amide bonds. The molecule has 0 aromatic heterocycles. The SMILES string of the molecule is Cl.O=C1N[C@H](c2cc(C(F)(F)F)cc(C(F)(F)F)c2)C(F)(F)CO1. The number of halogens is 9. The van der Waals surface area contributed by atoms with Crippen LogP contribution in [0.1, 0.15) is 22.7 Å². The monoisotopic (exact) mass is 385 g/mol. The van der Waals surface area contributed by atoms with Gasteiger partial charge in [0.25, 0.3) is 0 Å². The lowest BCUT2D eigenvalue weighted by Crippen LogP contribution is -2.49. The zero-order valence-corrected chi connectivity index (χ0v) is 12.1. The molecule has 0 saturated carbocycles. The first-order valence-corrected chi connectivity index (χ1v) is 5.91. The Kier molecular flexibility index (Phi) is 5.29. The van der Waals surface area contributed by atoms with E-state index in [0.717, 1.165) is 0 Å². The summed E-state index contributed by atoms with van der Waals surface area (Å²) < 4.78 is 108. The highest BCUT2D eigenvalue weighted by Gasteiger charge is 2.48. The fourth-order valence-electron chi connectivity index (χ4n) is 1.98. The fourth-order valence-corrected chi connectivity index (χ4v) is 1.98. The van der Waals surface area contributed by atoms with E-state index in [2.05, 4.69) is 4.74 Å². The zero-order chi connectivity index (χ0) is 17.6. The lowest BCUT2D eigenvalue weighted by Gasteiger charge is -2.32. The molecule has 12 heteroatoms. The van der Waals surface area contributed by atoms with Gasteiger partial charge < -0.3 is 10.1 Å². The number of alkyl halides is 8. The summed E-state index contributed by atoms with van der Waals surface area (Å²) in [5.74, 6) is -3.87. The van der Waals surface area contributed by atoms with Crippen LogP contribution >= 0.6 is 12.4 Å². The first-order chi connectivity index (χ1) is 10.3. The van der Waals surface area contributed by atoms with Crippen molar-refractivity contribution in [1.82, 2.24) is 5.32 Å². The van der Waals surface area contributed by atoms with E-state index in [1.54, 1.807) is 0 Å². The van der Waals surface area contributed by atoms with Gasteiger partial charge in [0.2, 0.25) is 0 Å². The van der Waals surface area contributed by atoms with Crippen LogP contribution in [0, 0.1) is 0 Å². The summed E-state index contributed by atoms with van der Waals surface area (Å²) in [6.07, 6.45) is -11.7. The first-order valence-electron chi connectivity index (χ1n) is 5.91. The summed E-state index contributed by atoms with van der Waals surface area (Å²) in [5.41, 5.74) is -4.52. The van der Waals surface area contributed by atoms with E-state index in [-0.39, 0.29) is 30.6 Å². The molecule has 0 unspecified atom stereocenters. The highest BCUT2D eigenvalue weighted by molar-refractivity contribution is 5.85. The van der Waals surface area contributed by atoms with Crippen LogP contribution in [-0.2, 0) is 17.1 Å². The zero-order valence-electron chi connectivity index (χ0n) is 11.3. The molecule has 1 aliphatic rings. The molecule has 1 aromatic rings. The summed E-state index contributed by atoms with van der Waals surface area (Å²) in [4.78, 5) is 11.0. The Morgan fingerprint density at radius 1 is 1.00 bits per heavy atom. The Hall–Kier alpha value is -1.78. The maximum atomic E-state index is 13.7. The second-order valence-electron chi connectivity index (χ2n) is 4.75. The van der Waals surface area contributed by atoms with Gasteiger partial charge in [-0.25, -0.2) is 13.6 Å². The van der Waals surface area contributed by atoms with Crippen LogP contribution in [0.5, 0.6) is 0 Å². The number of hydrogen-bond donors (Lipinski definition) is 1. The molecule has 1 saturated heterocycles. The molecule has 0 aliphatic carbocycles. The van der Waals surface area contributed by atoms with Gasteiger partial charge in [-0.15, -0.1) is 12.4 Å². The Bertz CT molecular complexity index is 596. The molecule has 1 aliphatic heterocycles. The van der Waals surface area contributed by atoms with Crippen molar-refractivity contribution >= 4 is 18.5 Å². The smallest absolute Gasteiger partial charge is 0.416 e. The Labute approximate surface area is 135 Å². The van der Waals surface area contributed by atoms with E-state index in [0.29, 0.717) is 0 Å². The van der Waals surface area contributed by atoms with Gasteiger partial charge in [-0.05, 0) is 23.8 Å². The molecule has 0 bridgehead atoms. The van der Waals surface area contributed by atoms with Crippen LogP contribution < -0.4 is 5.32 Å². The molecule has 24 heavy (non-hydrogen) atoms. The standard InChI is InChI=1S/C12H7F8NO2.ClH/c13-10(14)4-23-9(22)21-8(10)5-1-6(11(15,16)17)3-7(2-5)12(18,19)20;/h1-3,8H,4H2,(H,21,22);1H/t8-;/m1./s1. The van der Waals surface area contributed by atoms with Crippen LogP contribution in [0.25, 0.3) is 0 Å². The summed E-state index contributed by atoms with van der Waals surface area (Å²) in [7, 11) is 0. The Morgan fingerprint density at radius 2 is 1.46 bits per heavy atom. The third-order valence-electron chi connectivity index (χ3n) is 3.02. The van der Waals surface area contributed by atoms with Crippen molar-refractivity contribution in [3.8, 4) is 0 Å². The highest BCUT2D eigenvalue weighted by Crippen LogP contribution is 2.41. The van der Waals surface area contributed by atoms with Crippen LogP contribution in [-0.4, -0.2) is 18.6 Å². The predicted octanol–water partition coefficient (Wildman–Crippen LogP) is 4.56. The summed E-state index contributed by atoms with van der Waals surface area (Å²) >= 11 is 0. The predicted molar refractivity (Wildman–Crippen MR) is 65.9 cm³/mol. The van der Waals surface area contributed by atoms with Gasteiger partial charge in [0, 0.05) is 0 Å². The van der Waals surface area contributed by atoms with Crippen molar-refractivity contribution < 1.29 is 44.7 Å². The van der Waals surface area contributed by atoms with Crippen LogP contribution in [0.3, 0.4) is 0 Å². The lowest BCUT2D eigenvalue weighted by molar-refractivity contribution is -0.143. The molecule has 0 spiro atoms. The minimum atomic E-state index is -5.18. The topological polar surface area (TPSA) is 38.3 Å². The van der Waals surface area contributed by atoms with Gasteiger partial charge in [-0.2, -0.15) is 26.3 Å². The molecule has 0 radical (unpaired) electrons. The normalized spacial score (nSPS) is 20.7. The van der Waals surface area contributed by atoms with Crippen molar-refractivity contribution in [2.75, 3.05) is 6.61 Å². The van der Waals surface area contributed by atoms with Gasteiger partial charge in [0.05, 0.1) is 11.1 Å². The second kappa shape index (κ2) is 6.26. The van der Waals surface area contributed by atoms with E-state index >= 15 is 0 Å². The molecule has 1 N–H and O–H groups in total. The summed E-state index contributed by atoms with van der Waals surface area (Å²) in [6.45, 7) is -1.46. The molecular weight excluding hydrogens is 378 g/mol. The number of benzene rings is 1. The van der Waals surface area contributed by atoms with Crippen molar-refractivity contribution in [3.63, 3.8) is 0 Å². The molecule has 1 heterocycles. The van der Waals surface area contributed by atoms with Gasteiger partial charge in [-0.3, -0.25) is 0 Å². The quantitative estimate of drug-likeness (QED) is 0.720. The van der Waals surface area contributed by atoms with Crippen molar-refractivity contribution in [1.29, 1.82) is 0 Å². The minimum Gasteiger partial charge on any atom is -0.443 e. The second-order valence-corrected chi connectivity index (χ2v) is 4.75. The number of rotatable bonds is 1. The molecule has 2 rings (SSSR count). The van der Waals surface area contributed by atoms with Crippen LogP contribution in [0.2, 0.25) is 0 Å². The van der Waals surface area contributed by atoms with E-state index in [1.165, 1.54) is 5.32 Å². The largest absolute Gasteiger partial charge is 0.443 e. The van der Waals surface area contributed by atoms with Crippen molar-refractivity contribution in [2.45, 2.75) is 24.3 Å². The molecule has 3 nitrogen and oxygen atoms in total. The Balaban J connectivity index is 0.00000288. The lowest BCUT2D eigenvalue weighted by atomic mass is 9.95. The minimum absolute atomic E-state index is 0. The number of carbonyl (C=O) groups is 1. The average Bonchev–Trinajstić information content (AvgIpc) is 2.39. The number of hydrogen-bond acceptors (Lipinski definition) is 2. The van der Waals surface area contributed by atoms with E-state index < -0.39 is 53.7 Å². The molecule has 136 valence electrons. The summed E-state index contributed by atoms with van der Waals surface area (Å²) in [6, 6.07) is -2.28. The van der Waals surface area contributed by atoms with E-state index in [4.69, 9.17) is 0 Å². The van der Waals surface area contributed by atoms with Gasteiger partial charge in [0.1, 0.15) is 6.04 Å². The third-order valence-corrected chi connectivity index (χ3v) is 3.02. The van der Waals surface area contributed by atoms with Gasteiger partial charge >= 0.3 is 24.4 Å². The van der Waals surface area contributed by atoms with Gasteiger partial charge in [0.15, 0.2) is 6.61 Å². The maximum Gasteiger partial charge on any atom is 0.416 e. The number of amides is 1. The summed E-state index contributed by atoms with van der Waals surface area (Å²) in [5, 5.41) is 1.53. The number of carbonyl (C=O) groups excluding carboxylic acids is 1. The maximum absolute atomic E-state index is 13.7. The third kappa shape index (κ3) is 4.19. The van der Waals surface area contributed by atoms with Crippen LogP contribution in [0.15, 0.2) is 18.2 Å². The average molecular weight is 386 g/mol. The molecule has 1 aromatic carbocycles. The molecule has 1 atom stereocenters. The number of nitrogens with one attached hydrogen (secondary N) is 1. The molecule has 1 fully saturated rings. The molecular formula is C12H8ClF8NO2. The van der Waals surface area contributed by atoms with Gasteiger partial charge in [-0.1, -0.05) is 0 Å². The van der Waals surface area contributed by atoms with E-state index in [1.807, 2.05) is 0 Å². The number of cyclic esters (lactones) is 1. The highest BCUT2D eigenvalue weighted by atomic mass is 35.5. The number of alkyl carbamates (subject to hydrolysis) is 1. The van der Waals surface area contributed by atoms with Crippen molar-refractivity contribution in [3.05, 3.63) is 34.9 Å². The fraction of sp³-hybridized carbons (Fsp3) is 0.417. The Morgan fingerprint density at radius 3 is 1.88 bits per heavy atom. The first kappa shape index (κ1) is 20.3. The van der Waals surface area contributed by atoms with E-state index in [9.17, 15) is 39.9 Å². The van der Waals surface area contributed by atoms with Crippen molar-refractivity contribution in [2.24, 2.45) is 0 Å². The van der Waals surface area contributed by atoms with Crippen LogP contribution in [0.4, 0.5) is 39.9 Å². The number of ether oxygens (including phenoxy) is 1.